The van der Waals surface area contributed by atoms with E-state index < -0.39 is 11.4 Å². The summed E-state index contributed by atoms with van der Waals surface area (Å²) in [6.45, 7) is 9.71. The predicted molar refractivity (Wildman–Crippen MR) is 145 cm³/mol. The Morgan fingerprint density at radius 1 is 1.24 bits per heavy atom. The number of halogens is 1. The van der Waals surface area contributed by atoms with Crippen molar-refractivity contribution in [3.05, 3.63) is 42.5 Å². The summed E-state index contributed by atoms with van der Waals surface area (Å²) in [5.41, 5.74) is 2.36. The number of carbonyl (C=O) groups is 1. The zero-order valence-electron chi connectivity index (χ0n) is 22.7. The standard InChI is InChI=1S/C28H33FN6O3/c1-7-35(27(36)38-28(2,3)4)19-10-11-34(16-19)20-12-17-8-9-22(31-26(17)30-14-20)21-13-18-15-33(5)32-24(18)23(29)25(21)37-6/h8-9,12-15,19H,7,10-11,16H2,1-6H3. The normalized spacial score (nSPS) is 15.9. The van der Waals surface area contributed by atoms with Gasteiger partial charge in [-0.25, -0.2) is 19.2 Å². The molecule has 1 amide bonds. The lowest BCUT2D eigenvalue weighted by Crippen LogP contribution is -2.44. The second-order valence-electron chi connectivity index (χ2n) is 10.6. The first-order chi connectivity index (χ1) is 18.1. The molecule has 1 unspecified atom stereocenters. The largest absolute Gasteiger partial charge is 0.493 e. The third-order valence-corrected chi connectivity index (χ3v) is 6.75. The number of pyridine rings is 2. The van der Waals surface area contributed by atoms with Gasteiger partial charge in [-0.15, -0.1) is 0 Å². The summed E-state index contributed by atoms with van der Waals surface area (Å²) in [5, 5.41) is 5.74. The van der Waals surface area contributed by atoms with Crippen molar-refractivity contribution in [1.29, 1.82) is 0 Å². The smallest absolute Gasteiger partial charge is 0.410 e. The maximum Gasteiger partial charge on any atom is 0.410 e. The Kier molecular flexibility index (Phi) is 6.58. The Morgan fingerprint density at radius 3 is 2.74 bits per heavy atom. The highest BCUT2D eigenvalue weighted by molar-refractivity contribution is 5.89. The number of carbonyl (C=O) groups excluding carboxylic acids is 1. The van der Waals surface area contributed by atoms with Crippen molar-refractivity contribution in [2.75, 3.05) is 31.6 Å². The number of likely N-dealkylation sites (N-methyl/N-ethyl adjacent to an activating group) is 1. The molecule has 0 bridgehead atoms. The van der Waals surface area contributed by atoms with Gasteiger partial charge in [-0.2, -0.15) is 5.10 Å². The molecular formula is C28H33FN6O3. The minimum atomic E-state index is -0.531. The molecule has 1 fully saturated rings. The van der Waals surface area contributed by atoms with Crippen molar-refractivity contribution in [3.8, 4) is 17.0 Å². The average Bonchev–Trinajstić information content (AvgIpc) is 3.49. The van der Waals surface area contributed by atoms with Gasteiger partial charge in [-0.3, -0.25) is 4.68 Å². The summed E-state index contributed by atoms with van der Waals surface area (Å²) in [6.07, 6.45) is 4.13. The van der Waals surface area contributed by atoms with Crippen molar-refractivity contribution in [3.63, 3.8) is 0 Å². The Labute approximate surface area is 221 Å². The fourth-order valence-electron chi connectivity index (χ4n) is 5.03. The Hall–Kier alpha value is -3.95. The van der Waals surface area contributed by atoms with Gasteiger partial charge in [0.2, 0.25) is 0 Å². The molecule has 4 aromatic rings. The molecule has 1 aromatic carbocycles. The molecule has 200 valence electrons. The van der Waals surface area contributed by atoms with Gasteiger partial charge in [0, 0.05) is 49.2 Å². The highest BCUT2D eigenvalue weighted by atomic mass is 19.1. The maximum absolute atomic E-state index is 15.1. The van der Waals surface area contributed by atoms with E-state index >= 15 is 4.39 Å². The summed E-state index contributed by atoms with van der Waals surface area (Å²) in [5.74, 6) is -0.407. The monoisotopic (exact) mass is 520 g/mol. The number of ether oxygens (including phenoxy) is 2. The molecule has 10 heteroatoms. The number of hydrogen-bond donors (Lipinski definition) is 0. The van der Waals surface area contributed by atoms with Crippen LogP contribution in [0.2, 0.25) is 0 Å². The van der Waals surface area contributed by atoms with Crippen molar-refractivity contribution in [1.82, 2.24) is 24.6 Å². The number of rotatable bonds is 5. The predicted octanol–water partition coefficient (Wildman–Crippen LogP) is 5.17. The number of anilines is 1. The van der Waals surface area contributed by atoms with E-state index in [1.165, 1.54) is 7.11 Å². The van der Waals surface area contributed by atoms with Gasteiger partial charge in [0.05, 0.1) is 30.7 Å². The van der Waals surface area contributed by atoms with Gasteiger partial charge in [0.1, 0.15) is 11.1 Å². The number of nitrogens with zero attached hydrogens (tertiary/aromatic N) is 6. The van der Waals surface area contributed by atoms with Crippen LogP contribution in [0.3, 0.4) is 0 Å². The molecule has 1 atom stereocenters. The molecule has 4 heterocycles. The van der Waals surface area contributed by atoms with Crippen LogP contribution in [-0.2, 0) is 11.8 Å². The number of benzene rings is 1. The number of aromatic nitrogens is 4. The zero-order valence-corrected chi connectivity index (χ0v) is 22.7. The second-order valence-corrected chi connectivity index (χ2v) is 10.6. The van der Waals surface area contributed by atoms with Gasteiger partial charge < -0.3 is 19.3 Å². The van der Waals surface area contributed by atoms with Crippen LogP contribution in [0.15, 0.2) is 36.7 Å². The van der Waals surface area contributed by atoms with Crippen molar-refractivity contribution in [2.45, 2.75) is 45.8 Å². The molecule has 3 aromatic heterocycles. The van der Waals surface area contributed by atoms with E-state index in [-0.39, 0.29) is 23.4 Å². The van der Waals surface area contributed by atoms with E-state index in [2.05, 4.69) is 15.0 Å². The van der Waals surface area contributed by atoms with Crippen molar-refractivity contribution >= 4 is 33.7 Å². The molecule has 5 rings (SSSR count). The van der Waals surface area contributed by atoms with Crippen LogP contribution in [0.5, 0.6) is 5.75 Å². The molecule has 0 spiro atoms. The maximum atomic E-state index is 15.1. The van der Waals surface area contributed by atoms with Gasteiger partial charge >= 0.3 is 6.09 Å². The van der Waals surface area contributed by atoms with Gasteiger partial charge in [-0.1, -0.05) is 0 Å². The topological polar surface area (TPSA) is 85.6 Å². The van der Waals surface area contributed by atoms with E-state index in [1.807, 2.05) is 52.0 Å². The van der Waals surface area contributed by atoms with E-state index in [0.29, 0.717) is 35.4 Å². The number of methoxy groups -OCH3 is 1. The summed E-state index contributed by atoms with van der Waals surface area (Å²) < 4.78 is 27.7. The molecule has 0 aliphatic carbocycles. The van der Waals surface area contributed by atoms with Crippen LogP contribution >= 0.6 is 0 Å². The van der Waals surface area contributed by atoms with E-state index in [9.17, 15) is 4.79 Å². The number of amides is 1. The fraction of sp³-hybridized carbons (Fsp3) is 0.429. The zero-order chi connectivity index (χ0) is 27.2. The lowest BCUT2D eigenvalue weighted by molar-refractivity contribution is 0.0191. The molecule has 0 radical (unpaired) electrons. The van der Waals surface area contributed by atoms with Gasteiger partial charge in [-0.05, 0) is 58.4 Å². The number of fused-ring (bicyclic) bond motifs is 2. The quantitative estimate of drug-likeness (QED) is 0.359. The average molecular weight is 521 g/mol. The van der Waals surface area contributed by atoms with Crippen LogP contribution < -0.4 is 9.64 Å². The van der Waals surface area contributed by atoms with Gasteiger partial charge in [0.15, 0.2) is 17.2 Å². The number of aryl methyl sites for hydroxylation is 1. The molecule has 0 N–H and O–H groups in total. The van der Waals surface area contributed by atoms with E-state index in [1.54, 1.807) is 29.0 Å². The minimum Gasteiger partial charge on any atom is -0.493 e. The fourth-order valence-corrected chi connectivity index (χ4v) is 5.03. The third-order valence-electron chi connectivity index (χ3n) is 6.75. The molecule has 1 aliphatic rings. The van der Waals surface area contributed by atoms with E-state index in [4.69, 9.17) is 14.5 Å². The Balaban J connectivity index is 1.40. The highest BCUT2D eigenvalue weighted by Gasteiger charge is 2.32. The first-order valence-corrected chi connectivity index (χ1v) is 12.8. The first kappa shape index (κ1) is 25.7. The third kappa shape index (κ3) is 4.82. The minimum absolute atomic E-state index is 0.0656. The van der Waals surface area contributed by atoms with Crippen LogP contribution in [0.25, 0.3) is 33.2 Å². The van der Waals surface area contributed by atoms with Crippen LogP contribution in [-0.4, -0.2) is 69.1 Å². The SMILES string of the molecule is CCN(C(=O)OC(C)(C)C)C1CCN(c2cnc3nc(-c4cc5cn(C)nc5c(F)c4OC)ccc3c2)C1. The van der Waals surface area contributed by atoms with Crippen molar-refractivity contribution < 1.29 is 18.7 Å². The molecule has 0 saturated carbocycles. The Morgan fingerprint density at radius 2 is 2.03 bits per heavy atom. The lowest BCUT2D eigenvalue weighted by atomic mass is 10.1. The summed E-state index contributed by atoms with van der Waals surface area (Å²) in [4.78, 5) is 26.1. The molecule has 9 nitrogen and oxygen atoms in total. The summed E-state index contributed by atoms with van der Waals surface area (Å²) in [6, 6.07) is 7.73. The van der Waals surface area contributed by atoms with Crippen LogP contribution in [0.1, 0.15) is 34.1 Å². The van der Waals surface area contributed by atoms with E-state index in [0.717, 1.165) is 24.0 Å². The summed E-state index contributed by atoms with van der Waals surface area (Å²) in [7, 11) is 3.19. The first-order valence-electron chi connectivity index (χ1n) is 12.8. The van der Waals surface area contributed by atoms with Crippen LogP contribution in [0.4, 0.5) is 14.9 Å². The molecule has 1 aliphatic heterocycles. The second kappa shape index (κ2) is 9.74. The Bertz CT molecular complexity index is 1510. The number of hydrogen-bond acceptors (Lipinski definition) is 7. The van der Waals surface area contributed by atoms with Crippen LogP contribution in [0, 0.1) is 5.82 Å². The molecule has 38 heavy (non-hydrogen) atoms. The highest BCUT2D eigenvalue weighted by Crippen LogP contribution is 2.37. The van der Waals surface area contributed by atoms with Gasteiger partial charge in [0.25, 0.3) is 0 Å². The molecule has 1 saturated heterocycles. The summed E-state index contributed by atoms with van der Waals surface area (Å²) >= 11 is 0. The molecular weight excluding hydrogens is 487 g/mol. The lowest BCUT2D eigenvalue weighted by Gasteiger charge is -2.31. The van der Waals surface area contributed by atoms with Crippen molar-refractivity contribution in [2.24, 2.45) is 7.05 Å².